The molecular weight excluding hydrogens is 397 g/mol. The van der Waals surface area contributed by atoms with Crippen LogP contribution >= 0.6 is 23.2 Å². The Morgan fingerprint density at radius 1 is 1.00 bits per heavy atom. The van der Waals surface area contributed by atoms with Crippen molar-refractivity contribution in [1.82, 2.24) is 0 Å². The number of nitrogen functional groups attached to an aromatic ring is 1. The minimum atomic E-state index is -0.390. The van der Waals surface area contributed by atoms with Gasteiger partial charge in [0.15, 0.2) is 5.76 Å². The molecule has 140 valence electrons. The number of furan rings is 1. The van der Waals surface area contributed by atoms with E-state index in [0.29, 0.717) is 16.0 Å². The predicted molar refractivity (Wildman–Crippen MR) is 113 cm³/mol. The SMILES string of the molecule is COc1cccc(-c2ccc3c(N)c(C(=O)c4ccc(Cl)cc4Cl)oc3c2)c1. The van der Waals surface area contributed by atoms with Crippen LogP contribution in [0.25, 0.3) is 22.1 Å². The first-order valence-electron chi connectivity index (χ1n) is 8.44. The maximum atomic E-state index is 12.9. The second kappa shape index (κ2) is 7.23. The number of hydrogen-bond acceptors (Lipinski definition) is 4. The van der Waals surface area contributed by atoms with Gasteiger partial charge in [-0.25, -0.2) is 0 Å². The Morgan fingerprint density at radius 3 is 2.54 bits per heavy atom. The lowest BCUT2D eigenvalue weighted by Crippen LogP contribution is -2.03. The molecule has 0 radical (unpaired) electrons. The second-order valence-electron chi connectivity index (χ2n) is 6.24. The molecule has 4 nitrogen and oxygen atoms in total. The smallest absolute Gasteiger partial charge is 0.231 e. The molecule has 0 fully saturated rings. The Kier molecular flexibility index (Phi) is 4.75. The molecule has 0 bridgehead atoms. The van der Waals surface area contributed by atoms with Gasteiger partial charge in [0, 0.05) is 16.0 Å². The first-order chi connectivity index (χ1) is 13.5. The Balaban J connectivity index is 1.79. The molecule has 4 rings (SSSR count). The van der Waals surface area contributed by atoms with Gasteiger partial charge in [0.2, 0.25) is 5.78 Å². The van der Waals surface area contributed by atoms with Crippen LogP contribution in [0.15, 0.2) is 65.1 Å². The van der Waals surface area contributed by atoms with Gasteiger partial charge in [-0.1, -0.05) is 41.4 Å². The molecule has 0 atom stereocenters. The first-order valence-corrected chi connectivity index (χ1v) is 9.19. The van der Waals surface area contributed by atoms with E-state index in [1.807, 2.05) is 42.5 Å². The highest BCUT2D eigenvalue weighted by Crippen LogP contribution is 2.35. The maximum absolute atomic E-state index is 12.9. The predicted octanol–water partition coefficient (Wildman–Crippen LogP) is 6.23. The minimum absolute atomic E-state index is 0.0574. The number of nitrogens with two attached hydrogens (primary N) is 1. The van der Waals surface area contributed by atoms with Crippen molar-refractivity contribution in [3.8, 4) is 16.9 Å². The molecule has 1 heterocycles. The summed E-state index contributed by atoms with van der Waals surface area (Å²) in [5, 5.41) is 1.36. The molecule has 0 aliphatic heterocycles. The van der Waals surface area contributed by atoms with E-state index in [0.717, 1.165) is 16.9 Å². The second-order valence-corrected chi connectivity index (χ2v) is 7.08. The summed E-state index contributed by atoms with van der Waals surface area (Å²) in [4.78, 5) is 12.9. The molecule has 0 saturated heterocycles. The highest BCUT2D eigenvalue weighted by Gasteiger charge is 2.22. The normalized spacial score (nSPS) is 11.0. The number of fused-ring (bicyclic) bond motifs is 1. The summed E-state index contributed by atoms with van der Waals surface area (Å²) in [5.74, 6) is 0.421. The van der Waals surface area contributed by atoms with Crippen molar-refractivity contribution >= 4 is 45.6 Å². The van der Waals surface area contributed by atoms with Crippen molar-refractivity contribution in [3.05, 3.63) is 82.0 Å². The van der Waals surface area contributed by atoms with Crippen molar-refractivity contribution < 1.29 is 13.9 Å². The molecule has 0 saturated carbocycles. The van der Waals surface area contributed by atoms with Gasteiger partial charge in [-0.3, -0.25) is 4.79 Å². The van der Waals surface area contributed by atoms with Crippen molar-refractivity contribution in [2.45, 2.75) is 0 Å². The number of carbonyl (C=O) groups excluding carboxylic acids is 1. The molecule has 2 N–H and O–H groups in total. The maximum Gasteiger partial charge on any atom is 0.231 e. The number of anilines is 1. The van der Waals surface area contributed by atoms with Crippen LogP contribution in [-0.2, 0) is 0 Å². The van der Waals surface area contributed by atoms with Gasteiger partial charge in [0.25, 0.3) is 0 Å². The lowest BCUT2D eigenvalue weighted by Gasteiger charge is -2.04. The molecule has 0 aliphatic rings. The number of rotatable bonds is 4. The third-order valence-corrected chi connectivity index (χ3v) is 5.06. The number of hydrogen-bond donors (Lipinski definition) is 1. The monoisotopic (exact) mass is 411 g/mol. The third-order valence-electron chi connectivity index (χ3n) is 4.51. The Hall–Kier alpha value is -2.95. The fourth-order valence-corrected chi connectivity index (χ4v) is 3.56. The average molecular weight is 412 g/mol. The molecule has 0 amide bonds. The van der Waals surface area contributed by atoms with E-state index >= 15 is 0 Å². The number of benzene rings is 3. The summed E-state index contributed by atoms with van der Waals surface area (Å²) in [5.41, 5.74) is 9.15. The Bertz CT molecular complexity index is 1210. The van der Waals surface area contributed by atoms with Crippen LogP contribution in [0.1, 0.15) is 16.1 Å². The first kappa shape index (κ1) is 18.4. The largest absolute Gasteiger partial charge is 0.497 e. The Morgan fingerprint density at radius 2 is 1.79 bits per heavy atom. The van der Waals surface area contributed by atoms with E-state index in [-0.39, 0.29) is 22.0 Å². The van der Waals surface area contributed by atoms with Gasteiger partial charge in [0.05, 0.1) is 17.8 Å². The molecule has 1 aromatic heterocycles. The van der Waals surface area contributed by atoms with Crippen molar-refractivity contribution in [3.63, 3.8) is 0 Å². The number of halogens is 2. The van der Waals surface area contributed by atoms with Gasteiger partial charge < -0.3 is 14.9 Å². The summed E-state index contributed by atoms with van der Waals surface area (Å²) < 4.78 is 11.1. The van der Waals surface area contributed by atoms with Crippen molar-refractivity contribution in [2.75, 3.05) is 12.8 Å². The molecule has 0 spiro atoms. The highest BCUT2D eigenvalue weighted by molar-refractivity contribution is 6.37. The van der Waals surface area contributed by atoms with Crippen molar-refractivity contribution in [1.29, 1.82) is 0 Å². The topological polar surface area (TPSA) is 65.5 Å². The van der Waals surface area contributed by atoms with E-state index in [1.165, 1.54) is 6.07 Å². The third kappa shape index (κ3) is 3.21. The van der Waals surface area contributed by atoms with E-state index < -0.39 is 5.78 Å². The molecule has 0 aliphatic carbocycles. The zero-order valence-electron chi connectivity index (χ0n) is 14.8. The lowest BCUT2D eigenvalue weighted by atomic mass is 10.0. The zero-order chi connectivity index (χ0) is 19.8. The quantitative estimate of drug-likeness (QED) is 0.404. The molecule has 4 aromatic rings. The molecule has 28 heavy (non-hydrogen) atoms. The van der Waals surface area contributed by atoms with Gasteiger partial charge in [-0.2, -0.15) is 0 Å². The molecular formula is C22H15Cl2NO3. The van der Waals surface area contributed by atoms with Gasteiger partial charge in [-0.15, -0.1) is 0 Å². The number of methoxy groups -OCH3 is 1. The summed E-state index contributed by atoms with van der Waals surface area (Å²) >= 11 is 12.1. The van der Waals surface area contributed by atoms with Crippen LogP contribution in [0, 0.1) is 0 Å². The van der Waals surface area contributed by atoms with Crippen LogP contribution in [0.4, 0.5) is 5.69 Å². The van der Waals surface area contributed by atoms with Crippen molar-refractivity contribution in [2.24, 2.45) is 0 Å². The molecule has 6 heteroatoms. The van der Waals surface area contributed by atoms with Gasteiger partial charge in [-0.05, 0) is 53.6 Å². The summed E-state index contributed by atoms with van der Waals surface area (Å²) in [6.45, 7) is 0. The fourth-order valence-electron chi connectivity index (χ4n) is 3.06. The standard InChI is InChI=1S/C22H15Cl2NO3/c1-27-15-4-2-3-12(9-15)13-5-7-17-19(10-13)28-22(20(17)25)21(26)16-8-6-14(23)11-18(16)24/h2-11H,25H2,1H3. The van der Waals surface area contributed by atoms with Gasteiger partial charge >= 0.3 is 0 Å². The van der Waals surface area contributed by atoms with E-state index in [4.69, 9.17) is 38.1 Å². The van der Waals surface area contributed by atoms with Crippen LogP contribution in [-0.4, -0.2) is 12.9 Å². The van der Waals surface area contributed by atoms with Crippen LogP contribution < -0.4 is 10.5 Å². The van der Waals surface area contributed by atoms with E-state index in [2.05, 4.69) is 0 Å². The van der Waals surface area contributed by atoms with Crippen LogP contribution in [0.3, 0.4) is 0 Å². The molecule has 3 aromatic carbocycles. The van der Waals surface area contributed by atoms with Crippen LogP contribution in [0.5, 0.6) is 5.75 Å². The number of carbonyl (C=O) groups is 1. The number of ketones is 1. The summed E-state index contributed by atoms with van der Waals surface area (Å²) in [7, 11) is 1.62. The summed E-state index contributed by atoms with van der Waals surface area (Å²) in [6, 6.07) is 17.9. The van der Waals surface area contributed by atoms with Crippen LogP contribution in [0.2, 0.25) is 10.0 Å². The van der Waals surface area contributed by atoms with E-state index in [9.17, 15) is 4.79 Å². The average Bonchev–Trinajstić information content (AvgIpc) is 3.03. The van der Waals surface area contributed by atoms with Gasteiger partial charge in [0.1, 0.15) is 11.3 Å². The lowest BCUT2D eigenvalue weighted by molar-refractivity contribution is 0.101. The zero-order valence-corrected chi connectivity index (χ0v) is 16.3. The highest BCUT2D eigenvalue weighted by atomic mass is 35.5. The minimum Gasteiger partial charge on any atom is -0.497 e. The Labute approximate surface area is 171 Å². The van der Waals surface area contributed by atoms with E-state index in [1.54, 1.807) is 19.2 Å². The fraction of sp³-hybridized carbons (Fsp3) is 0.0455. The molecule has 0 unspecified atom stereocenters. The summed E-state index contributed by atoms with van der Waals surface area (Å²) in [6.07, 6.45) is 0. The number of ether oxygens (including phenoxy) is 1.